The molecule has 3 aromatic heterocycles. The Morgan fingerprint density at radius 1 is 0.625 bits per heavy atom. The minimum atomic E-state index is 0.0351. The third kappa shape index (κ3) is 5.68. The van der Waals surface area contributed by atoms with Crippen molar-refractivity contribution in [2.45, 2.75) is 73.1 Å². The molecule has 0 saturated carbocycles. The van der Waals surface area contributed by atoms with Crippen molar-refractivity contribution in [3.8, 4) is 34.1 Å². The predicted octanol–water partition coefficient (Wildman–Crippen LogP) is 11.3. The molecule has 48 heavy (non-hydrogen) atoms. The molecular weight excluding hydrogens is 589 g/mol. The first-order valence-corrected chi connectivity index (χ1v) is 16.7. The average molecular weight is 633 g/mol. The number of aryl methyl sites for hydroxylation is 2. The number of ether oxygens (including phenoxy) is 1. The molecule has 242 valence electrons. The Balaban J connectivity index is 1.27. The zero-order valence-electron chi connectivity index (χ0n) is 29.5. The van der Waals surface area contributed by atoms with Crippen LogP contribution in [0.5, 0.6) is 11.5 Å². The Morgan fingerprint density at radius 2 is 1.31 bits per heavy atom. The molecule has 7 rings (SSSR count). The van der Waals surface area contributed by atoms with E-state index in [0.29, 0.717) is 0 Å². The molecule has 0 atom stereocenters. The molecule has 0 saturated heterocycles. The first-order valence-electron chi connectivity index (χ1n) is 16.7. The third-order valence-electron chi connectivity index (χ3n) is 9.32. The first kappa shape index (κ1) is 31.4. The van der Waals surface area contributed by atoms with Crippen LogP contribution in [0, 0.1) is 20.8 Å². The normalized spacial score (nSPS) is 12.3. The van der Waals surface area contributed by atoms with Gasteiger partial charge >= 0.3 is 0 Å². The number of rotatable bonds is 5. The summed E-state index contributed by atoms with van der Waals surface area (Å²) in [6.45, 7) is 20.1. The highest BCUT2D eigenvalue weighted by Gasteiger charge is 2.24. The fraction of sp³-hybridized carbons (Fsp3) is 0.256. The van der Waals surface area contributed by atoms with E-state index < -0.39 is 0 Å². The minimum absolute atomic E-state index is 0.0351. The molecule has 0 fully saturated rings. The van der Waals surface area contributed by atoms with E-state index in [1.165, 1.54) is 33.2 Å². The van der Waals surface area contributed by atoms with Gasteiger partial charge in [0.1, 0.15) is 17.3 Å². The smallest absolute Gasteiger partial charge is 0.137 e. The van der Waals surface area contributed by atoms with E-state index in [-0.39, 0.29) is 10.8 Å². The summed E-state index contributed by atoms with van der Waals surface area (Å²) in [5, 5.41) is 7.41. The van der Waals surface area contributed by atoms with E-state index in [2.05, 4.69) is 140 Å². The monoisotopic (exact) mass is 632 g/mol. The van der Waals surface area contributed by atoms with Gasteiger partial charge in [-0.15, -0.1) is 0 Å². The molecule has 4 aromatic carbocycles. The van der Waals surface area contributed by atoms with Gasteiger partial charge in [0, 0.05) is 40.4 Å². The van der Waals surface area contributed by atoms with Crippen LogP contribution < -0.4 is 4.74 Å². The van der Waals surface area contributed by atoms with Crippen molar-refractivity contribution >= 4 is 21.8 Å². The molecule has 0 aliphatic heterocycles. The molecular formula is C43H44N4O. The number of aromatic nitrogens is 4. The summed E-state index contributed by atoms with van der Waals surface area (Å²) in [4.78, 5) is 4.73. The fourth-order valence-electron chi connectivity index (χ4n) is 6.67. The molecule has 0 N–H and O–H groups in total. The van der Waals surface area contributed by atoms with Crippen molar-refractivity contribution in [1.82, 2.24) is 19.3 Å². The van der Waals surface area contributed by atoms with Crippen LogP contribution in [0.25, 0.3) is 44.4 Å². The lowest BCUT2D eigenvalue weighted by molar-refractivity contribution is 0.482. The Bertz CT molecular complexity index is 2290. The van der Waals surface area contributed by atoms with E-state index in [4.69, 9.17) is 14.8 Å². The lowest BCUT2D eigenvalue weighted by Gasteiger charge is -2.26. The van der Waals surface area contributed by atoms with Crippen LogP contribution in [0.4, 0.5) is 0 Å². The summed E-state index contributed by atoms with van der Waals surface area (Å²) in [5.74, 6) is 2.41. The highest BCUT2D eigenvalue weighted by atomic mass is 16.5. The third-order valence-corrected chi connectivity index (χ3v) is 9.32. The van der Waals surface area contributed by atoms with Gasteiger partial charge < -0.3 is 4.74 Å². The van der Waals surface area contributed by atoms with E-state index in [9.17, 15) is 0 Å². The molecule has 0 aliphatic carbocycles. The zero-order chi connectivity index (χ0) is 34.0. The number of nitrogens with zero attached hydrogens (tertiary/aromatic N) is 4. The molecule has 0 aliphatic rings. The molecule has 0 unspecified atom stereocenters. The van der Waals surface area contributed by atoms with Crippen LogP contribution in [0.15, 0.2) is 103 Å². The lowest BCUT2D eigenvalue weighted by atomic mass is 9.78. The first-order chi connectivity index (χ1) is 22.8. The summed E-state index contributed by atoms with van der Waals surface area (Å²) in [6, 6.07) is 34.2. The quantitative estimate of drug-likeness (QED) is 0.190. The predicted molar refractivity (Wildman–Crippen MR) is 199 cm³/mol. The van der Waals surface area contributed by atoms with Crippen molar-refractivity contribution in [3.05, 3.63) is 131 Å². The number of hydrogen-bond donors (Lipinski definition) is 0. The van der Waals surface area contributed by atoms with Crippen LogP contribution in [-0.4, -0.2) is 19.3 Å². The van der Waals surface area contributed by atoms with Crippen LogP contribution in [0.2, 0.25) is 0 Å². The van der Waals surface area contributed by atoms with Crippen molar-refractivity contribution in [2.24, 2.45) is 0 Å². The minimum Gasteiger partial charge on any atom is -0.457 e. The largest absolute Gasteiger partial charge is 0.457 e. The van der Waals surface area contributed by atoms with E-state index in [1.54, 1.807) is 0 Å². The highest BCUT2D eigenvalue weighted by molar-refractivity contribution is 6.09. The Morgan fingerprint density at radius 3 is 2.02 bits per heavy atom. The van der Waals surface area contributed by atoms with E-state index in [1.807, 2.05) is 35.1 Å². The van der Waals surface area contributed by atoms with Gasteiger partial charge in [0.2, 0.25) is 0 Å². The topological polar surface area (TPSA) is 44.9 Å². The van der Waals surface area contributed by atoms with Crippen molar-refractivity contribution in [3.63, 3.8) is 0 Å². The van der Waals surface area contributed by atoms with Gasteiger partial charge in [-0.05, 0) is 96.3 Å². The maximum absolute atomic E-state index is 6.55. The lowest BCUT2D eigenvalue weighted by Crippen LogP contribution is -2.16. The second kappa shape index (κ2) is 11.5. The van der Waals surface area contributed by atoms with Gasteiger partial charge in [0.15, 0.2) is 0 Å². The Labute approximate surface area is 283 Å². The van der Waals surface area contributed by atoms with Crippen LogP contribution in [0.3, 0.4) is 0 Å². The molecule has 0 amide bonds. The van der Waals surface area contributed by atoms with Gasteiger partial charge in [0.05, 0.1) is 22.4 Å². The molecule has 3 heterocycles. The maximum Gasteiger partial charge on any atom is 0.137 e. The van der Waals surface area contributed by atoms with Gasteiger partial charge in [-0.2, -0.15) is 5.10 Å². The molecule has 0 spiro atoms. The van der Waals surface area contributed by atoms with Gasteiger partial charge in [-0.1, -0.05) is 84.0 Å². The number of pyridine rings is 1. The second-order valence-electron chi connectivity index (χ2n) is 15.1. The highest BCUT2D eigenvalue weighted by Crippen LogP contribution is 2.38. The zero-order valence-corrected chi connectivity index (χ0v) is 29.5. The molecule has 0 radical (unpaired) electrons. The molecule has 5 nitrogen and oxygen atoms in total. The van der Waals surface area contributed by atoms with Gasteiger partial charge in [0.25, 0.3) is 0 Å². The molecule has 7 aromatic rings. The standard InChI is InChI=1S/C43H44N4O/c1-27-19-20-44-40(21-27)46-38-16-11-10-15-36(38)37-18-17-35(26-39(37)46)48-34-14-12-13-33(25-34)47-29(3)41(28(2)45-47)30-22-31(42(4,5)6)24-32(23-30)43(7,8)9/h10-26H,1-9H3. The summed E-state index contributed by atoms with van der Waals surface area (Å²) in [7, 11) is 0. The van der Waals surface area contributed by atoms with Crippen molar-refractivity contribution < 1.29 is 4.74 Å². The Hall–Kier alpha value is -5.16. The summed E-state index contributed by atoms with van der Waals surface area (Å²) in [5.41, 5.74) is 11.5. The Kier molecular flexibility index (Phi) is 7.54. The number of fused-ring (bicyclic) bond motifs is 3. The molecule has 0 bridgehead atoms. The molecule has 5 heteroatoms. The van der Waals surface area contributed by atoms with Gasteiger partial charge in [-0.25, -0.2) is 9.67 Å². The number of benzene rings is 4. The maximum atomic E-state index is 6.55. The summed E-state index contributed by atoms with van der Waals surface area (Å²) >= 11 is 0. The van der Waals surface area contributed by atoms with Crippen LogP contribution in [0.1, 0.15) is 69.6 Å². The number of para-hydroxylation sites is 1. The van der Waals surface area contributed by atoms with E-state index >= 15 is 0 Å². The average Bonchev–Trinajstić information content (AvgIpc) is 3.52. The van der Waals surface area contributed by atoms with E-state index in [0.717, 1.165) is 50.8 Å². The fourth-order valence-corrected chi connectivity index (χ4v) is 6.67. The van der Waals surface area contributed by atoms with Crippen molar-refractivity contribution in [1.29, 1.82) is 0 Å². The van der Waals surface area contributed by atoms with Crippen LogP contribution in [-0.2, 0) is 10.8 Å². The number of hydrogen-bond acceptors (Lipinski definition) is 3. The summed E-state index contributed by atoms with van der Waals surface area (Å²) in [6.07, 6.45) is 1.87. The van der Waals surface area contributed by atoms with Crippen LogP contribution >= 0.6 is 0 Å². The van der Waals surface area contributed by atoms with Crippen molar-refractivity contribution in [2.75, 3.05) is 0 Å². The summed E-state index contributed by atoms with van der Waals surface area (Å²) < 4.78 is 10.8. The second-order valence-corrected chi connectivity index (χ2v) is 15.1. The van der Waals surface area contributed by atoms with Gasteiger partial charge in [-0.3, -0.25) is 4.57 Å². The SMILES string of the molecule is Cc1ccnc(-n2c3ccccc3c3ccc(Oc4cccc(-n5nc(C)c(-c6cc(C(C)(C)C)cc(C(C)(C)C)c6)c5C)c4)cc32)c1.